The van der Waals surface area contributed by atoms with Gasteiger partial charge in [0.15, 0.2) is 0 Å². The molecule has 1 nitrogen and oxygen atoms in total. The summed E-state index contributed by atoms with van der Waals surface area (Å²) in [6, 6.07) is 19.9. The molecule has 0 saturated heterocycles. The zero-order valence-corrected chi connectivity index (χ0v) is 11.2. The Morgan fingerprint density at radius 1 is 0.533 bits per heavy atom. The Bertz CT molecular complexity index is 311. The molecule has 0 saturated carbocycles. The average Bonchev–Trinajstić information content (AvgIpc) is 2.21. The van der Waals surface area contributed by atoms with Crippen molar-refractivity contribution in [3.63, 3.8) is 0 Å². The van der Waals surface area contributed by atoms with Gasteiger partial charge in [0.25, 0.3) is 0 Å². The van der Waals surface area contributed by atoms with Crippen LogP contribution in [-0.4, -0.2) is 5.48 Å². The first-order valence-electron chi connectivity index (χ1n) is 4.20. The van der Waals surface area contributed by atoms with Crippen molar-refractivity contribution < 1.29 is 5.48 Å². The molecular formula is C12H12Br2O. The maximum atomic E-state index is 3.31. The predicted molar refractivity (Wildman–Crippen MR) is 71.9 cm³/mol. The number of rotatable bonds is 0. The second-order valence-corrected chi connectivity index (χ2v) is 4.42. The highest BCUT2D eigenvalue weighted by Crippen LogP contribution is 2.05. The lowest BCUT2D eigenvalue weighted by Gasteiger charge is -1.80. The molecule has 2 aromatic carbocycles. The van der Waals surface area contributed by atoms with E-state index in [2.05, 4.69) is 31.9 Å². The van der Waals surface area contributed by atoms with Gasteiger partial charge in [0, 0.05) is 8.95 Å². The van der Waals surface area contributed by atoms with E-state index >= 15 is 0 Å². The third-order valence-electron chi connectivity index (χ3n) is 1.47. The van der Waals surface area contributed by atoms with Gasteiger partial charge in [-0.1, -0.05) is 68.3 Å². The van der Waals surface area contributed by atoms with Crippen LogP contribution in [0.1, 0.15) is 0 Å². The molecule has 0 fully saturated rings. The Balaban J connectivity index is 0.000000245. The lowest BCUT2D eigenvalue weighted by molar-refractivity contribution is 0.824. The van der Waals surface area contributed by atoms with Gasteiger partial charge < -0.3 is 5.48 Å². The summed E-state index contributed by atoms with van der Waals surface area (Å²) in [5.74, 6) is 0. The summed E-state index contributed by atoms with van der Waals surface area (Å²) in [6.07, 6.45) is 0. The van der Waals surface area contributed by atoms with E-state index < -0.39 is 0 Å². The van der Waals surface area contributed by atoms with Crippen LogP contribution in [0.4, 0.5) is 0 Å². The van der Waals surface area contributed by atoms with Crippen LogP contribution in [0, 0.1) is 0 Å². The topological polar surface area (TPSA) is 31.5 Å². The molecule has 0 heterocycles. The lowest BCUT2D eigenvalue weighted by atomic mass is 10.4. The van der Waals surface area contributed by atoms with Crippen LogP contribution in [0.25, 0.3) is 0 Å². The first-order valence-corrected chi connectivity index (χ1v) is 5.79. The van der Waals surface area contributed by atoms with Gasteiger partial charge in [-0.3, -0.25) is 0 Å². The van der Waals surface area contributed by atoms with Crippen LogP contribution >= 0.6 is 31.9 Å². The third-order valence-corrected chi connectivity index (χ3v) is 2.52. The third kappa shape index (κ3) is 7.31. The molecule has 2 N–H and O–H groups in total. The summed E-state index contributed by atoms with van der Waals surface area (Å²) in [7, 11) is 0. The summed E-state index contributed by atoms with van der Waals surface area (Å²) in [5.41, 5.74) is 0. The van der Waals surface area contributed by atoms with E-state index in [4.69, 9.17) is 0 Å². The van der Waals surface area contributed by atoms with Crippen molar-refractivity contribution in [2.75, 3.05) is 0 Å². The van der Waals surface area contributed by atoms with Gasteiger partial charge in [0.05, 0.1) is 0 Å². The van der Waals surface area contributed by atoms with Crippen molar-refractivity contribution in [2.45, 2.75) is 0 Å². The molecule has 0 radical (unpaired) electrons. The van der Waals surface area contributed by atoms with Gasteiger partial charge in [-0.2, -0.15) is 0 Å². The fourth-order valence-electron chi connectivity index (χ4n) is 0.829. The summed E-state index contributed by atoms with van der Waals surface area (Å²) < 4.78 is 2.27. The summed E-state index contributed by atoms with van der Waals surface area (Å²) in [4.78, 5) is 0. The minimum Gasteiger partial charge on any atom is -0.412 e. The fourth-order valence-corrected chi connectivity index (χ4v) is 1.44. The molecular weight excluding hydrogens is 320 g/mol. The zero-order chi connectivity index (χ0) is 10.2. The molecule has 0 spiro atoms. The number of benzene rings is 2. The summed E-state index contributed by atoms with van der Waals surface area (Å²) >= 11 is 6.62. The van der Waals surface area contributed by atoms with E-state index in [1.54, 1.807) is 0 Å². The largest absolute Gasteiger partial charge is 0.412 e. The zero-order valence-electron chi connectivity index (χ0n) is 8.03. The molecule has 0 aliphatic rings. The Labute approximate surface area is 107 Å². The van der Waals surface area contributed by atoms with Gasteiger partial charge in [-0.05, 0) is 24.3 Å². The molecule has 0 atom stereocenters. The highest BCUT2D eigenvalue weighted by Gasteiger charge is 1.75. The van der Waals surface area contributed by atoms with Crippen LogP contribution in [0.15, 0.2) is 69.6 Å². The first-order chi connectivity index (χ1) is 6.79. The second kappa shape index (κ2) is 8.65. The lowest BCUT2D eigenvalue weighted by Crippen LogP contribution is -1.55. The molecule has 2 rings (SSSR count). The molecule has 0 unspecified atom stereocenters. The maximum Gasteiger partial charge on any atom is 0.0175 e. The minimum absolute atomic E-state index is 0. The number of halogens is 2. The van der Waals surface area contributed by atoms with Crippen LogP contribution in [0.3, 0.4) is 0 Å². The van der Waals surface area contributed by atoms with Crippen molar-refractivity contribution in [3.8, 4) is 0 Å². The van der Waals surface area contributed by atoms with Crippen LogP contribution in [0.5, 0.6) is 0 Å². The van der Waals surface area contributed by atoms with E-state index in [1.807, 2.05) is 60.7 Å². The molecule has 2 aromatic rings. The van der Waals surface area contributed by atoms with Crippen LogP contribution in [0.2, 0.25) is 0 Å². The quantitative estimate of drug-likeness (QED) is 0.697. The Morgan fingerprint density at radius 3 is 0.933 bits per heavy atom. The first kappa shape index (κ1) is 14.4. The smallest absolute Gasteiger partial charge is 0.0175 e. The van der Waals surface area contributed by atoms with E-state index in [0.29, 0.717) is 0 Å². The van der Waals surface area contributed by atoms with Crippen LogP contribution < -0.4 is 0 Å². The molecule has 0 aliphatic carbocycles. The van der Waals surface area contributed by atoms with Crippen molar-refractivity contribution in [1.29, 1.82) is 0 Å². The van der Waals surface area contributed by atoms with Gasteiger partial charge in [-0.25, -0.2) is 0 Å². The highest BCUT2D eigenvalue weighted by molar-refractivity contribution is 9.10. The molecule has 15 heavy (non-hydrogen) atoms. The van der Waals surface area contributed by atoms with E-state index in [-0.39, 0.29) is 5.48 Å². The summed E-state index contributed by atoms with van der Waals surface area (Å²) in [6.45, 7) is 0. The number of hydrogen-bond donors (Lipinski definition) is 0. The molecule has 0 aliphatic heterocycles. The maximum absolute atomic E-state index is 3.31. The minimum atomic E-state index is 0. The standard InChI is InChI=1S/2C6H5Br.H2O/c2*7-6-4-2-1-3-5-6;/h2*1-5H;1H2. The monoisotopic (exact) mass is 330 g/mol. The molecule has 0 bridgehead atoms. The molecule has 80 valence electrons. The molecule has 0 aromatic heterocycles. The number of hydrogen-bond acceptors (Lipinski definition) is 0. The van der Waals surface area contributed by atoms with E-state index in [0.717, 1.165) is 8.95 Å². The normalized spacial score (nSPS) is 8.13. The fraction of sp³-hybridized carbons (Fsp3) is 0. The molecule has 3 heteroatoms. The van der Waals surface area contributed by atoms with Gasteiger partial charge >= 0.3 is 0 Å². The Morgan fingerprint density at radius 2 is 0.800 bits per heavy atom. The van der Waals surface area contributed by atoms with Crippen LogP contribution in [-0.2, 0) is 0 Å². The average molecular weight is 332 g/mol. The van der Waals surface area contributed by atoms with E-state index in [9.17, 15) is 0 Å². The van der Waals surface area contributed by atoms with E-state index in [1.165, 1.54) is 0 Å². The van der Waals surface area contributed by atoms with Gasteiger partial charge in [0.1, 0.15) is 0 Å². The summed E-state index contributed by atoms with van der Waals surface area (Å²) in [5, 5.41) is 0. The van der Waals surface area contributed by atoms with Crippen molar-refractivity contribution in [3.05, 3.63) is 69.6 Å². The van der Waals surface area contributed by atoms with Gasteiger partial charge in [0.2, 0.25) is 0 Å². The highest BCUT2D eigenvalue weighted by atomic mass is 79.9. The van der Waals surface area contributed by atoms with Gasteiger partial charge in [-0.15, -0.1) is 0 Å². The molecule has 0 amide bonds. The second-order valence-electron chi connectivity index (χ2n) is 2.59. The Hall–Kier alpha value is -0.640. The Kier molecular flexibility index (Phi) is 8.28. The predicted octanol–water partition coefficient (Wildman–Crippen LogP) is 4.07. The SMILES string of the molecule is Brc1ccccc1.Brc1ccccc1.O. The van der Waals surface area contributed by atoms with Crippen molar-refractivity contribution in [1.82, 2.24) is 0 Å². The van der Waals surface area contributed by atoms with Crippen molar-refractivity contribution >= 4 is 31.9 Å². The van der Waals surface area contributed by atoms with Crippen molar-refractivity contribution in [2.24, 2.45) is 0 Å².